The van der Waals surface area contributed by atoms with Gasteiger partial charge in [-0.1, -0.05) is 24.3 Å². The Morgan fingerprint density at radius 2 is 2.06 bits per heavy atom. The quantitative estimate of drug-likeness (QED) is 0.664. The number of aliphatic hydroxyl groups excluding tert-OH is 1. The first-order chi connectivity index (χ1) is 8.84. The molecule has 18 heavy (non-hydrogen) atoms. The van der Waals surface area contributed by atoms with Crippen LogP contribution >= 0.6 is 0 Å². The molecular formula is C15H13NO2. The molecule has 3 nitrogen and oxygen atoms in total. The molecule has 1 aliphatic carbocycles. The van der Waals surface area contributed by atoms with Crippen LogP contribution in [0.5, 0.6) is 11.6 Å². The summed E-state index contributed by atoms with van der Waals surface area (Å²) in [5, 5.41) is 10.3. The van der Waals surface area contributed by atoms with E-state index in [4.69, 9.17) is 4.74 Å². The largest absolute Gasteiger partial charge is 0.430 e. The third-order valence-electron chi connectivity index (χ3n) is 3.88. The molecule has 0 saturated carbocycles. The molecule has 0 spiro atoms. The second kappa shape index (κ2) is 3.56. The average Bonchev–Trinajstić information content (AvgIpc) is 3.18. The summed E-state index contributed by atoms with van der Waals surface area (Å²) in [7, 11) is 0. The van der Waals surface area contributed by atoms with Crippen molar-refractivity contribution in [3.63, 3.8) is 0 Å². The Hall–Kier alpha value is -1.87. The predicted molar refractivity (Wildman–Crippen MR) is 66.9 cm³/mol. The van der Waals surface area contributed by atoms with Crippen molar-refractivity contribution in [1.29, 1.82) is 0 Å². The van der Waals surface area contributed by atoms with Crippen molar-refractivity contribution in [2.75, 3.05) is 0 Å². The van der Waals surface area contributed by atoms with Crippen LogP contribution in [0.2, 0.25) is 0 Å². The van der Waals surface area contributed by atoms with Gasteiger partial charge in [-0.25, -0.2) is 4.98 Å². The molecule has 2 aliphatic rings. The SMILES string of the molecule is OC1CCc2ccccc2C1c1ccnc2c1O2. The molecule has 4 rings (SSSR count). The third-order valence-corrected chi connectivity index (χ3v) is 3.88. The molecule has 2 atom stereocenters. The minimum absolute atomic E-state index is 0.0224. The number of aryl methyl sites for hydroxylation is 1. The topological polar surface area (TPSA) is 45.7 Å². The number of hydrogen-bond donors (Lipinski definition) is 1. The van der Waals surface area contributed by atoms with Crippen LogP contribution < -0.4 is 4.74 Å². The molecule has 90 valence electrons. The molecule has 0 bridgehead atoms. The standard InChI is InChI=1S/C15H13NO2/c17-12-6-5-9-3-1-2-4-10(9)13(12)11-7-8-16-15-14(11)18-15/h1-4,7-8,12-13,17H,5-6H2. The zero-order valence-electron chi connectivity index (χ0n) is 9.84. The minimum Gasteiger partial charge on any atom is -0.430 e. The van der Waals surface area contributed by atoms with Gasteiger partial charge in [0.15, 0.2) is 5.75 Å². The normalized spacial score (nSPS) is 23.8. The van der Waals surface area contributed by atoms with E-state index in [0.717, 1.165) is 24.2 Å². The molecule has 3 heteroatoms. The van der Waals surface area contributed by atoms with E-state index in [1.165, 1.54) is 11.1 Å². The highest BCUT2D eigenvalue weighted by atomic mass is 16.6. The third kappa shape index (κ3) is 1.37. The van der Waals surface area contributed by atoms with Crippen molar-refractivity contribution in [3.8, 4) is 11.6 Å². The molecule has 2 aromatic rings. The second-order valence-electron chi connectivity index (χ2n) is 4.92. The fourth-order valence-electron chi connectivity index (χ4n) is 2.96. The van der Waals surface area contributed by atoms with Crippen LogP contribution in [0.4, 0.5) is 0 Å². The summed E-state index contributed by atoms with van der Waals surface area (Å²) in [4.78, 5) is 4.10. The summed E-state index contributed by atoms with van der Waals surface area (Å²) in [6.45, 7) is 0. The van der Waals surface area contributed by atoms with Crippen LogP contribution in [0.25, 0.3) is 0 Å². The van der Waals surface area contributed by atoms with Crippen LogP contribution in [0.1, 0.15) is 29.0 Å². The Morgan fingerprint density at radius 3 is 3.00 bits per heavy atom. The van der Waals surface area contributed by atoms with Crippen molar-refractivity contribution < 1.29 is 9.84 Å². The van der Waals surface area contributed by atoms with Crippen LogP contribution in [0, 0.1) is 0 Å². The van der Waals surface area contributed by atoms with Crippen molar-refractivity contribution in [2.45, 2.75) is 24.9 Å². The van der Waals surface area contributed by atoms with E-state index in [1.807, 2.05) is 12.1 Å². The number of pyridine rings is 1. The fraction of sp³-hybridized carbons (Fsp3) is 0.267. The fourth-order valence-corrected chi connectivity index (χ4v) is 2.96. The lowest BCUT2D eigenvalue weighted by Gasteiger charge is -2.30. The van der Waals surface area contributed by atoms with Gasteiger partial charge in [0.05, 0.1) is 6.10 Å². The number of rotatable bonds is 1. The lowest BCUT2D eigenvalue weighted by Crippen LogP contribution is -2.25. The van der Waals surface area contributed by atoms with Gasteiger partial charge in [0.1, 0.15) is 0 Å². The molecule has 0 radical (unpaired) electrons. The number of aromatic nitrogens is 1. The Balaban J connectivity index is 1.88. The molecule has 2 heterocycles. The van der Waals surface area contributed by atoms with Gasteiger partial charge in [-0.2, -0.15) is 0 Å². The molecular weight excluding hydrogens is 226 g/mol. The van der Waals surface area contributed by atoms with E-state index < -0.39 is 0 Å². The van der Waals surface area contributed by atoms with Gasteiger partial charge in [0.25, 0.3) is 5.88 Å². The summed E-state index contributed by atoms with van der Waals surface area (Å²) in [6, 6.07) is 10.3. The van der Waals surface area contributed by atoms with Crippen LogP contribution in [-0.2, 0) is 6.42 Å². The molecule has 1 aliphatic heterocycles. The molecule has 0 saturated heterocycles. The van der Waals surface area contributed by atoms with E-state index in [9.17, 15) is 5.11 Å². The molecule has 1 aromatic carbocycles. The van der Waals surface area contributed by atoms with E-state index in [2.05, 4.69) is 23.2 Å². The summed E-state index contributed by atoms with van der Waals surface area (Å²) in [6.07, 6.45) is 3.17. The summed E-state index contributed by atoms with van der Waals surface area (Å²) < 4.78 is 5.36. The maximum absolute atomic E-state index is 10.3. The molecule has 1 aromatic heterocycles. The number of nitrogens with zero attached hydrogens (tertiary/aromatic N) is 1. The number of ether oxygens (including phenoxy) is 1. The predicted octanol–water partition coefficient (Wildman–Crippen LogP) is 2.63. The van der Waals surface area contributed by atoms with E-state index in [-0.39, 0.29) is 12.0 Å². The Labute approximate surface area is 105 Å². The highest BCUT2D eigenvalue weighted by Gasteiger charge is 2.36. The van der Waals surface area contributed by atoms with Gasteiger partial charge in [-0.3, -0.25) is 0 Å². The summed E-state index contributed by atoms with van der Waals surface area (Å²) >= 11 is 0. The van der Waals surface area contributed by atoms with Gasteiger partial charge in [0.2, 0.25) is 0 Å². The first kappa shape index (κ1) is 10.1. The lowest BCUT2D eigenvalue weighted by atomic mass is 9.77. The second-order valence-corrected chi connectivity index (χ2v) is 4.92. The molecule has 2 unspecified atom stereocenters. The molecule has 0 amide bonds. The first-order valence-electron chi connectivity index (χ1n) is 6.27. The maximum Gasteiger partial charge on any atom is 0.263 e. The number of fused-ring (bicyclic) bond motifs is 2. The van der Waals surface area contributed by atoms with E-state index in [0.29, 0.717) is 5.88 Å². The molecule has 1 N–H and O–H groups in total. The van der Waals surface area contributed by atoms with Crippen molar-refractivity contribution >= 4 is 0 Å². The van der Waals surface area contributed by atoms with Crippen molar-refractivity contribution in [3.05, 3.63) is 53.2 Å². The van der Waals surface area contributed by atoms with Crippen LogP contribution in [0.3, 0.4) is 0 Å². The maximum atomic E-state index is 10.3. The molecule has 0 fully saturated rings. The smallest absolute Gasteiger partial charge is 0.263 e. The number of benzene rings is 1. The lowest BCUT2D eigenvalue weighted by molar-refractivity contribution is 0.139. The highest BCUT2D eigenvalue weighted by Crippen LogP contribution is 2.51. The Morgan fingerprint density at radius 1 is 1.17 bits per heavy atom. The van der Waals surface area contributed by atoms with Gasteiger partial charge >= 0.3 is 0 Å². The number of aliphatic hydroxyl groups is 1. The number of hydrogen-bond acceptors (Lipinski definition) is 3. The van der Waals surface area contributed by atoms with Gasteiger partial charge in [-0.15, -0.1) is 0 Å². The Bertz CT molecular complexity index is 624. The zero-order chi connectivity index (χ0) is 12.1. The Kier molecular flexibility index (Phi) is 2.00. The zero-order valence-corrected chi connectivity index (χ0v) is 9.84. The van der Waals surface area contributed by atoms with Crippen LogP contribution in [0.15, 0.2) is 36.5 Å². The van der Waals surface area contributed by atoms with Crippen molar-refractivity contribution in [2.24, 2.45) is 0 Å². The van der Waals surface area contributed by atoms with Gasteiger partial charge in [0, 0.05) is 17.7 Å². The highest BCUT2D eigenvalue weighted by molar-refractivity contribution is 5.58. The monoisotopic (exact) mass is 239 g/mol. The van der Waals surface area contributed by atoms with Gasteiger partial charge in [-0.05, 0) is 30.0 Å². The first-order valence-corrected chi connectivity index (χ1v) is 6.27. The van der Waals surface area contributed by atoms with Gasteiger partial charge < -0.3 is 9.84 Å². The van der Waals surface area contributed by atoms with E-state index in [1.54, 1.807) is 6.20 Å². The summed E-state index contributed by atoms with van der Waals surface area (Å²) in [5.74, 6) is 1.59. The average molecular weight is 239 g/mol. The van der Waals surface area contributed by atoms with Crippen LogP contribution in [-0.4, -0.2) is 16.2 Å². The van der Waals surface area contributed by atoms with Crippen molar-refractivity contribution in [1.82, 2.24) is 4.98 Å². The summed E-state index contributed by atoms with van der Waals surface area (Å²) in [5.41, 5.74) is 3.62. The minimum atomic E-state index is -0.337. The van der Waals surface area contributed by atoms with E-state index >= 15 is 0 Å².